The molecule has 3 N–H and O–H groups in total. The minimum Gasteiger partial charge on any atom is -0.381 e. The predicted molar refractivity (Wildman–Crippen MR) is 97.6 cm³/mol. The van der Waals surface area contributed by atoms with E-state index in [0.29, 0.717) is 18.0 Å². The Morgan fingerprint density at radius 1 is 1.27 bits per heavy atom. The molecule has 1 aliphatic heterocycles. The molecule has 1 atom stereocenters. The van der Waals surface area contributed by atoms with Gasteiger partial charge in [0.05, 0.1) is 11.4 Å². The van der Waals surface area contributed by atoms with Crippen molar-refractivity contribution in [3.63, 3.8) is 0 Å². The molecule has 0 saturated heterocycles. The minimum atomic E-state index is 0.419. The third-order valence-corrected chi connectivity index (χ3v) is 3.40. The van der Waals surface area contributed by atoms with Crippen molar-refractivity contribution in [3.8, 4) is 0 Å². The maximum atomic E-state index is 3.59. The Morgan fingerprint density at radius 2 is 2.05 bits per heavy atom. The van der Waals surface area contributed by atoms with Gasteiger partial charge in [0.1, 0.15) is 0 Å². The third kappa shape index (κ3) is 7.51. The van der Waals surface area contributed by atoms with Gasteiger partial charge in [-0.15, -0.1) is 0 Å². The van der Waals surface area contributed by atoms with Crippen molar-refractivity contribution in [1.82, 2.24) is 16.0 Å². The Morgan fingerprint density at radius 3 is 2.59 bits per heavy atom. The van der Waals surface area contributed by atoms with Crippen LogP contribution in [0.5, 0.6) is 0 Å². The van der Waals surface area contributed by atoms with Gasteiger partial charge in [0.2, 0.25) is 0 Å². The topological polar surface area (TPSA) is 36.1 Å². The second-order valence-electron chi connectivity index (χ2n) is 6.36. The quantitative estimate of drug-likeness (QED) is 0.571. The summed E-state index contributed by atoms with van der Waals surface area (Å²) >= 11 is 0. The smallest absolute Gasteiger partial charge is 0.0575 e. The number of hydrogen-bond donors (Lipinski definition) is 3. The van der Waals surface area contributed by atoms with E-state index >= 15 is 0 Å². The van der Waals surface area contributed by atoms with Crippen LogP contribution in [0.15, 0.2) is 47.9 Å². The third-order valence-electron chi connectivity index (χ3n) is 3.40. The number of allylic oxidation sites excluding steroid dienone is 3. The Labute approximate surface area is 136 Å². The summed E-state index contributed by atoms with van der Waals surface area (Å²) in [7, 11) is 0. The van der Waals surface area contributed by atoms with Gasteiger partial charge in [0.25, 0.3) is 0 Å². The molecule has 124 valence electrons. The predicted octanol–water partition coefficient (Wildman–Crippen LogP) is 3.49. The van der Waals surface area contributed by atoms with Crippen LogP contribution in [0.3, 0.4) is 0 Å². The van der Waals surface area contributed by atoms with E-state index < -0.39 is 0 Å². The number of hydrogen-bond acceptors (Lipinski definition) is 3. The molecule has 0 saturated carbocycles. The van der Waals surface area contributed by atoms with Crippen LogP contribution >= 0.6 is 0 Å². The van der Waals surface area contributed by atoms with Crippen LogP contribution in [0.2, 0.25) is 0 Å². The Kier molecular flexibility index (Phi) is 8.68. The largest absolute Gasteiger partial charge is 0.381 e. The summed E-state index contributed by atoms with van der Waals surface area (Å²) in [5.41, 5.74) is 2.35. The van der Waals surface area contributed by atoms with E-state index in [1.54, 1.807) is 0 Å². The van der Waals surface area contributed by atoms with Gasteiger partial charge >= 0.3 is 0 Å². The first-order valence-corrected chi connectivity index (χ1v) is 8.52. The van der Waals surface area contributed by atoms with Gasteiger partial charge in [-0.25, -0.2) is 0 Å². The molecule has 0 fully saturated rings. The molecule has 1 rings (SSSR count). The van der Waals surface area contributed by atoms with E-state index in [-0.39, 0.29) is 0 Å². The maximum Gasteiger partial charge on any atom is 0.0575 e. The van der Waals surface area contributed by atoms with Crippen LogP contribution in [-0.4, -0.2) is 25.2 Å². The van der Waals surface area contributed by atoms with Crippen LogP contribution in [0, 0.1) is 5.92 Å². The van der Waals surface area contributed by atoms with Crippen molar-refractivity contribution in [2.45, 2.75) is 53.1 Å². The molecule has 3 heteroatoms. The van der Waals surface area contributed by atoms with Gasteiger partial charge in [-0.2, -0.15) is 0 Å². The van der Waals surface area contributed by atoms with Crippen molar-refractivity contribution in [3.05, 3.63) is 47.9 Å². The molecule has 0 aromatic carbocycles. The van der Waals surface area contributed by atoms with Crippen molar-refractivity contribution in [1.29, 1.82) is 0 Å². The van der Waals surface area contributed by atoms with Crippen molar-refractivity contribution < 1.29 is 0 Å². The van der Waals surface area contributed by atoms with Crippen LogP contribution in [0.25, 0.3) is 0 Å². The normalized spacial score (nSPS) is 17.0. The van der Waals surface area contributed by atoms with Crippen molar-refractivity contribution in [2.75, 3.05) is 13.1 Å². The lowest BCUT2D eigenvalue weighted by Crippen LogP contribution is -2.31. The molecule has 1 aliphatic rings. The van der Waals surface area contributed by atoms with E-state index in [1.807, 2.05) is 0 Å². The highest BCUT2D eigenvalue weighted by molar-refractivity contribution is 5.34. The van der Waals surface area contributed by atoms with Gasteiger partial charge in [-0.05, 0) is 38.3 Å². The van der Waals surface area contributed by atoms with Crippen LogP contribution in [-0.2, 0) is 0 Å². The van der Waals surface area contributed by atoms with E-state index in [2.05, 4.69) is 87.0 Å². The summed E-state index contributed by atoms with van der Waals surface area (Å²) in [5, 5.41) is 10.5. The van der Waals surface area contributed by atoms with E-state index in [4.69, 9.17) is 0 Å². The van der Waals surface area contributed by atoms with Crippen LogP contribution in [0.4, 0.5) is 0 Å². The van der Waals surface area contributed by atoms with Gasteiger partial charge in [-0.3, -0.25) is 0 Å². The zero-order valence-electron chi connectivity index (χ0n) is 14.8. The van der Waals surface area contributed by atoms with E-state index in [9.17, 15) is 0 Å². The Balaban J connectivity index is 2.64. The fourth-order valence-corrected chi connectivity index (χ4v) is 2.22. The molecule has 0 aromatic rings. The molecule has 0 aromatic heterocycles. The first-order chi connectivity index (χ1) is 10.5. The molecular weight excluding hydrogens is 270 g/mol. The molecule has 1 unspecified atom stereocenters. The average Bonchev–Trinajstić information content (AvgIpc) is 2.49. The van der Waals surface area contributed by atoms with Gasteiger partial charge in [-0.1, -0.05) is 45.1 Å². The molecular formula is C19H33N3. The van der Waals surface area contributed by atoms with Gasteiger partial charge in [0.15, 0.2) is 0 Å². The molecule has 0 aliphatic carbocycles. The average molecular weight is 303 g/mol. The highest BCUT2D eigenvalue weighted by Gasteiger charge is 2.07. The van der Waals surface area contributed by atoms with Crippen LogP contribution < -0.4 is 16.0 Å². The summed E-state index contributed by atoms with van der Waals surface area (Å²) < 4.78 is 0. The zero-order chi connectivity index (χ0) is 16.4. The number of nitrogens with one attached hydrogen (secondary N) is 3. The standard InChI is InChI=1S/C19H33N3/c1-6-17(11-10-15(2)3)20-14-12-19(22-16(4)5)18-9-7-8-13-21-18/h7-12,15-17,20-22H,6,13-14H2,1-5H3/b11-10-,19-12+. The maximum absolute atomic E-state index is 3.59. The number of rotatable bonds is 9. The van der Waals surface area contributed by atoms with Gasteiger partial charge in [0, 0.05) is 25.2 Å². The van der Waals surface area contributed by atoms with Gasteiger partial charge < -0.3 is 16.0 Å². The molecule has 0 radical (unpaired) electrons. The highest BCUT2D eigenvalue weighted by Crippen LogP contribution is 2.08. The molecule has 3 nitrogen and oxygen atoms in total. The molecule has 22 heavy (non-hydrogen) atoms. The summed E-state index contributed by atoms with van der Waals surface area (Å²) in [6.45, 7) is 12.7. The Hall–Kier alpha value is -1.48. The first-order valence-electron chi connectivity index (χ1n) is 8.52. The SMILES string of the molecule is CCC(/C=C\C(C)C)NC/C=C(/NC(C)C)C1=CC=CCN1. The molecule has 0 amide bonds. The summed E-state index contributed by atoms with van der Waals surface area (Å²) in [5.74, 6) is 0.605. The van der Waals surface area contributed by atoms with E-state index in [0.717, 1.165) is 19.5 Å². The second kappa shape index (κ2) is 10.3. The molecule has 0 bridgehead atoms. The summed E-state index contributed by atoms with van der Waals surface area (Å²) in [4.78, 5) is 0. The second-order valence-corrected chi connectivity index (χ2v) is 6.36. The first kappa shape index (κ1) is 18.6. The Bertz CT molecular complexity index is 428. The lowest BCUT2D eigenvalue weighted by molar-refractivity contribution is 0.604. The fraction of sp³-hybridized carbons (Fsp3) is 0.579. The summed E-state index contributed by atoms with van der Waals surface area (Å²) in [6.07, 6.45) is 14.3. The molecule has 1 heterocycles. The number of dihydropyridines is 1. The lowest BCUT2D eigenvalue weighted by Gasteiger charge is -2.20. The van der Waals surface area contributed by atoms with E-state index in [1.165, 1.54) is 11.4 Å². The summed E-state index contributed by atoms with van der Waals surface area (Å²) in [6, 6.07) is 0.856. The van der Waals surface area contributed by atoms with Crippen molar-refractivity contribution >= 4 is 0 Å². The zero-order valence-corrected chi connectivity index (χ0v) is 14.8. The molecule has 0 spiro atoms. The fourth-order valence-electron chi connectivity index (χ4n) is 2.22. The minimum absolute atomic E-state index is 0.419. The highest BCUT2D eigenvalue weighted by atomic mass is 15.0. The van der Waals surface area contributed by atoms with Crippen molar-refractivity contribution in [2.24, 2.45) is 5.92 Å². The lowest BCUT2D eigenvalue weighted by atomic mass is 10.1. The monoisotopic (exact) mass is 303 g/mol. The van der Waals surface area contributed by atoms with Crippen LogP contribution in [0.1, 0.15) is 41.0 Å².